The lowest BCUT2D eigenvalue weighted by Crippen LogP contribution is -2.41. The SMILES string of the molecule is CN=C(NCC(=O)Nc1ccc(F)cc1)NCc1cccc(F)c1. The minimum absolute atomic E-state index is 0.0137. The number of anilines is 1. The lowest BCUT2D eigenvalue weighted by atomic mass is 10.2. The van der Waals surface area contributed by atoms with Gasteiger partial charge in [0.25, 0.3) is 0 Å². The Labute approximate surface area is 138 Å². The third-order valence-corrected chi connectivity index (χ3v) is 3.12. The molecule has 0 saturated heterocycles. The van der Waals surface area contributed by atoms with Crippen molar-refractivity contribution < 1.29 is 13.6 Å². The first-order valence-corrected chi connectivity index (χ1v) is 7.31. The monoisotopic (exact) mass is 332 g/mol. The molecule has 0 aliphatic rings. The molecule has 2 rings (SSSR count). The van der Waals surface area contributed by atoms with Crippen molar-refractivity contribution in [3.63, 3.8) is 0 Å². The topological polar surface area (TPSA) is 65.5 Å². The van der Waals surface area contributed by atoms with Gasteiger partial charge in [-0.3, -0.25) is 9.79 Å². The standard InChI is InChI=1S/C17H18F2N4O/c1-20-17(21-10-12-3-2-4-14(19)9-12)22-11-16(24)23-15-7-5-13(18)6-8-15/h2-9H,10-11H2,1H3,(H,23,24)(H2,20,21,22). The lowest BCUT2D eigenvalue weighted by molar-refractivity contribution is -0.115. The Hall–Kier alpha value is -2.96. The van der Waals surface area contributed by atoms with Gasteiger partial charge in [-0.1, -0.05) is 12.1 Å². The molecule has 0 unspecified atom stereocenters. The highest BCUT2D eigenvalue weighted by molar-refractivity contribution is 5.94. The first kappa shape index (κ1) is 17.4. The maximum absolute atomic E-state index is 13.1. The van der Waals surface area contributed by atoms with Gasteiger partial charge >= 0.3 is 0 Å². The number of benzene rings is 2. The maximum Gasteiger partial charge on any atom is 0.243 e. The molecule has 0 aliphatic carbocycles. The Bertz CT molecular complexity index is 717. The molecule has 0 heterocycles. The van der Waals surface area contributed by atoms with E-state index in [4.69, 9.17) is 0 Å². The molecule has 0 radical (unpaired) electrons. The normalized spacial score (nSPS) is 11.0. The molecule has 0 bridgehead atoms. The number of halogens is 2. The molecule has 3 N–H and O–H groups in total. The van der Waals surface area contributed by atoms with Crippen LogP contribution in [-0.4, -0.2) is 25.5 Å². The second kappa shape index (κ2) is 8.61. The van der Waals surface area contributed by atoms with Crippen LogP contribution in [0.1, 0.15) is 5.56 Å². The van der Waals surface area contributed by atoms with Gasteiger partial charge in [0.2, 0.25) is 5.91 Å². The van der Waals surface area contributed by atoms with Crippen LogP contribution in [0.2, 0.25) is 0 Å². The molecule has 0 saturated carbocycles. The molecular weight excluding hydrogens is 314 g/mol. The summed E-state index contributed by atoms with van der Waals surface area (Å²) in [4.78, 5) is 15.8. The number of aliphatic imine (C=N–C) groups is 1. The maximum atomic E-state index is 13.1. The molecule has 0 aliphatic heterocycles. The summed E-state index contributed by atoms with van der Waals surface area (Å²) in [6, 6.07) is 11.7. The van der Waals surface area contributed by atoms with Gasteiger partial charge in [0, 0.05) is 19.3 Å². The number of rotatable bonds is 5. The zero-order valence-corrected chi connectivity index (χ0v) is 13.1. The van der Waals surface area contributed by atoms with Gasteiger partial charge in [-0.05, 0) is 42.0 Å². The first-order chi connectivity index (χ1) is 11.6. The van der Waals surface area contributed by atoms with Crippen molar-refractivity contribution in [1.82, 2.24) is 10.6 Å². The average molecular weight is 332 g/mol. The Morgan fingerprint density at radius 3 is 2.46 bits per heavy atom. The van der Waals surface area contributed by atoms with Crippen LogP contribution in [0.4, 0.5) is 14.5 Å². The van der Waals surface area contributed by atoms with Crippen LogP contribution in [0.15, 0.2) is 53.5 Å². The summed E-state index contributed by atoms with van der Waals surface area (Å²) in [6.07, 6.45) is 0. The van der Waals surface area contributed by atoms with Crippen molar-refractivity contribution >= 4 is 17.6 Å². The van der Waals surface area contributed by atoms with E-state index in [0.29, 0.717) is 18.2 Å². The van der Waals surface area contributed by atoms with Gasteiger partial charge in [0.1, 0.15) is 11.6 Å². The van der Waals surface area contributed by atoms with Crippen LogP contribution in [0.5, 0.6) is 0 Å². The second-order valence-electron chi connectivity index (χ2n) is 4.96. The van der Waals surface area contributed by atoms with E-state index in [2.05, 4.69) is 20.9 Å². The van der Waals surface area contributed by atoms with Gasteiger partial charge in [-0.25, -0.2) is 8.78 Å². The number of hydrogen-bond donors (Lipinski definition) is 3. The average Bonchev–Trinajstić information content (AvgIpc) is 2.57. The fourth-order valence-electron chi connectivity index (χ4n) is 1.96. The molecule has 126 valence electrons. The highest BCUT2D eigenvalue weighted by Crippen LogP contribution is 2.07. The van der Waals surface area contributed by atoms with Gasteiger partial charge in [-0.2, -0.15) is 0 Å². The van der Waals surface area contributed by atoms with Crippen LogP contribution in [0.25, 0.3) is 0 Å². The third kappa shape index (κ3) is 5.68. The van der Waals surface area contributed by atoms with Crippen LogP contribution >= 0.6 is 0 Å². The molecule has 0 fully saturated rings. The first-order valence-electron chi connectivity index (χ1n) is 7.31. The van der Waals surface area contributed by atoms with E-state index in [-0.39, 0.29) is 24.1 Å². The highest BCUT2D eigenvalue weighted by atomic mass is 19.1. The number of hydrogen-bond acceptors (Lipinski definition) is 2. The Balaban J connectivity index is 1.78. The number of nitrogens with one attached hydrogen (secondary N) is 3. The number of nitrogens with zero attached hydrogens (tertiary/aromatic N) is 1. The largest absolute Gasteiger partial charge is 0.352 e. The fourth-order valence-corrected chi connectivity index (χ4v) is 1.96. The van der Waals surface area contributed by atoms with Crippen molar-refractivity contribution in [2.45, 2.75) is 6.54 Å². The zero-order chi connectivity index (χ0) is 17.4. The van der Waals surface area contributed by atoms with E-state index in [9.17, 15) is 13.6 Å². The molecule has 2 aromatic rings. The quantitative estimate of drug-likeness (QED) is 0.581. The molecular formula is C17H18F2N4O. The summed E-state index contributed by atoms with van der Waals surface area (Å²) in [5.41, 5.74) is 1.26. The van der Waals surface area contributed by atoms with Crippen LogP contribution < -0.4 is 16.0 Å². The predicted octanol–water partition coefficient (Wildman–Crippen LogP) is 2.27. The zero-order valence-electron chi connectivity index (χ0n) is 13.1. The number of guanidine groups is 1. The second-order valence-corrected chi connectivity index (χ2v) is 4.96. The van der Waals surface area contributed by atoms with E-state index >= 15 is 0 Å². The number of amides is 1. The van der Waals surface area contributed by atoms with Crippen molar-refractivity contribution in [1.29, 1.82) is 0 Å². The van der Waals surface area contributed by atoms with Crippen molar-refractivity contribution in [3.05, 3.63) is 65.7 Å². The summed E-state index contributed by atoms with van der Waals surface area (Å²) in [5, 5.41) is 8.46. The summed E-state index contributed by atoms with van der Waals surface area (Å²) in [6.45, 7) is 0.358. The van der Waals surface area contributed by atoms with Crippen LogP contribution in [-0.2, 0) is 11.3 Å². The van der Waals surface area contributed by atoms with Crippen molar-refractivity contribution in [2.75, 3.05) is 18.9 Å². The Morgan fingerprint density at radius 2 is 1.79 bits per heavy atom. The van der Waals surface area contributed by atoms with E-state index in [0.717, 1.165) is 5.56 Å². The summed E-state index contributed by atoms with van der Waals surface area (Å²) < 4.78 is 25.9. The summed E-state index contributed by atoms with van der Waals surface area (Å²) in [5.74, 6) is -0.562. The number of carbonyl (C=O) groups is 1. The molecule has 0 spiro atoms. The molecule has 1 amide bonds. The van der Waals surface area contributed by atoms with Gasteiger partial charge in [0.15, 0.2) is 5.96 Å². The third-order valence-electron chi connectivity index (χ3n) is 3.12. The predicted molar refractivity (Wildman–Crippen MR) is 89.6 cm³/mol. The van der Waals surface area contributed by atoms with Crippen molar-refractivity contribution in [3.8, 4) is 0 Å². The Kier molecular flexibility index (Phi) is 6.24. The summed E-state index contributed by atoms with van der Waals surface area (Å²) in [7, 11) is 1.57. The van der Waals surface area contributed by atoms with Crippen LogP contribution in [0.3, 0.4) is 0 Å². The number of carbonyl (C=O) groups excluding carboxylic acids is 1. The van der Waals surface area contributed by atoms with Gasteiger partial charge < -0.3 is 16.0 Å². The lowest BCUT2D eigenvalue weighted by Gasteiger charge is -2.12. The van der Waals surface area contributed by atoms with E-state index < -0.39 is 0 Å². The van der Waals surface area contributed by atoms with Crippen LogP contribution in [0, 0.1) is 11.6 Å². The van der Waals surface area contributed by atoms with Gasteiger partial charge in [0.05, 0.1) is 6.54 Å². The van der Waals surface area contributed by atoms with E-state index in [1.807, 2.05) is 0 Å². The van der Waals surface area contributed by atoms with Crippen molar-refractivity contribution in [2.24, 2.45) is 4.99 Å². The van der Waals surface area contributed by atoms with Gasteiger partial charge in [-0.15, -0.1) is 0 Å². The molecule has 0 aromatic heterocycles. The molecule has 5 nitrogen and oxygen atoms in total. The minimum Gasteiger partial charge on any atom is -0.352 e. The molecule has 0 atom stereocenters. The van der Waals surface area contributed by atoms with E-state index in [1.54, 1.807) is 19.2 Å². The molecule has 7 heteroatoms. The molecule has 2 aromatic carbocycles. The smallest absolute Gasteiger partial charge is 0.243 e. The van der Waals surface area contributed by atoms with E-state index in [1.165, 1.54) is 36.4 Å². The summed E-state index contributed by atoms with van der Waals surface area (Å²) >= 11 is 0. The molecule has 24 heavy (non-hydrogen) atoms. The highest BCUT2D eigenvalue weighted by Gasteiger charge is 2.05. The minimum atomic E-state index is -0.368. The Morgan fingerprint density at radius 1 is 1.04 bits per heavy atom. The fraction of sp³-hybridized carbons (Fsp3) is 0.176.